The highest BCUT2D eigenvalue weighted by Crippen LogP contribution is 2.44. The van der Waals surface area contributed by atoms with E-state index in [1.807, 2.05) is 36.4 Å². The van der Waals surface area contributed by atoms with Crippen molar-refractivity contribution in [3.8, 4) is 11.1 Å². The topological polar surface area (TPSA) is 135 Å². The van der Waals surface area contributed by atoms with E-state index < -0.39 is 18.0 Å². The lowest BCUT2D eigenvalue weighted by Crippen LogP contribution is -2.17. The number of hydrogen-bond acceptors (Lipinski definition) is 7. The van der Waals surface area contributed by atoms with Crippen molar-refractivity contribution < 1.29 is 24.2 Å². The quantitative estimate of drug-likeness (QED) is 0.370. The maximum Gasteiger partial charge on any atom is 0.413 e. The lowest BCUT2D eigenvalue weighted by molar-refractivity contribution is 0.0697. The van der Waals surface area contributed by atoms with Crippen molar-refractivity contribution in [3.05, 3.63) is 82.5 Å². The minimum absolute atomic E-state index is 0.0763. The smallest absolute Gasteiger partial charge is 0.413 e. The molecule has 1 aliphatic carbocycles. The number of aryl methyl sites for hydroxylation is 1. The number of thiazole rings is 1. The molecule has 2 aromatic carbocycles. The molecule has 10 nitrogen and oxygen atoms in total. The molecule has 0 atom stereocenters. The number of carbonyl (C=O) groups is 3. The summed E-state index contributed by atoms with van der Waals surface area (Å²) in [6, 6.07) is 16.1. The lowest BCUT2D eigenvalue weighted by Gasteiger charge is -2.14. The van der Waals surface area contributed by atoms with Crippen molar-refractivity contribution in [3.63, 3.8) is 0 Å². The number of amides is 2. The maximum absolute atomic E-state index is 12.5. The number of fused-ring (bicyclic) bond motifs is 3. The van der Waals surface area contributed by atoms with Gasteiger partial charge in [-0.05, 0) is 22.3 Å². The van der Waals surface area contributed by atoms with Gasteiger partial charge in [0.05, 0.1) is 6.20 Å². The van der Waals surface area contributed by atoms with Crippen LogP contribution in [0.15, 0.2) is 60.9 Å². The number of carboxylic acid groups (broad SMARTS) is 1. The summed E-state index contributed by atoms with van der Waals surface area (Å²) in [6.45, 7) is 0.149. The van der Waals surface area contributed by atoms with Crippen LogP contribution in [0.4, 0.5) is 15.7 Å². The number of anilines is 2. The Morgan fingerprint density at radius 1 is 1.06 bits per heavy atom. The van der Waals surface area contributed by atoms with Crippen molar-refractivity contribution in [2.45, 2.75) is 5.92 Å². The summed E-state index contributed by atoms with van der Waals surface area (Å²) in [5.74, 6) is -1.96. The van der Waals surface area contributed by atoms with Crippen molar-refractivity contribution in [2.75, 3.05) is 17.2 Å². The molecule has 35 heavy (non-hydrogen) atoms. The molecular weight excluding hydrogens is 470 g/mol. The molecule has 2 amide bonds. The highest BCUT2D eigenvalue weighted by Gasteiger charge is 2.29. The van der Waals surface area contributed by atoms with Gasteiger partial charge < -0.3 is 15.2 Å². The van der Waals surface area contributed by atoms with Gasteiger partial charge in [0.1, 0.15) is 17.0 Å². The Hall–Kier alpha value is -4.51. The predicted octanol–water partition coefficient (Wildman–Crippen LogP) is 4.19. The fraction of sp³-hybridized carbons (Fsp3) is 0.125. The van der Waals surface area contributed by atoms with Crippen LogP contribution in [0.3, 0.4) is 0 Å². The Morgan fingerprint density at radius 2 is 1.71 bits per heavy atom. The van der Waals surface area contributed by atoms with Crippen LogP contribution in [-0.2, 0) is 11.8 Å². The van der Waals surface area contributed by atoms with Gasteiger partial charge in [0.2, 0.25) is 0 Å². The van der Waals surface area contributed by atoms with Crippen LogP contribution in [0, 0.1) is 0 Å². The Kier molecular flexibility index (Phi) is 5.75. The second-order valence-corrected chi connectivity index (χ2v) is 8.84. The van der Waals surface area contributed by atoms with Gasteiger partial charge in [-0.1, -0.05) is 59.9 Å². The third-order valence-corrected chi connectivity index (χ3v) is 6.48. The largest absolute Gasteiger partial charge is 0.477 e. The number of carboxylic acids is 1. The summed E-state index contributed by atoms with van der Waals surface area (Å²) in [6.07, 6.45) is 1.88. The normalized spacial score (nSPS) is 12.0. The fourth-order valence-corrected chi connectivity index (χ4v) is 4.76. The summed E-state index contributed by atoms with van der Waals surface area (Å²) < 4.78 is 6.78. The fourth-order valence-electron chi connectivity index (χ4n) is 4.07. The van der Waals surface area contributed by atoms with E-state index >= 15 is 0 Å². The zero-order valence-electron chi connectivity index (χ0n) is 18.4. The van der Waals surface area contributed by atoms with Gasteiger partial charge >= 0.3 is 12.1 Å². The van der Waals surface area contributed by atoms with Crippen LogP contribution >= 0.6 is 11.3 Å². The van der Waals surface area contributed by atoms with Crippen LogP contribution < -0.4 is 10.6 Å². The van der Waals surface area contributed by atoms with E-state index in [9.17, 15) is 19.5 Å². The molecule has 1 aliphatic rings. The maximum atomic E-state index is 12.5. The Morgan fingerprint density at radius 3 is 2.37 bits per heavy atom. The van der Waals surface area contributed by atoms with Crippen LogP contribution in [0.5, 0.6) is 0 Å². The molecule has 2 heterocycles. The van der Waals surface area contributed by atoms with Crippen molar-refractivity contribution >= 4 is 40.3 Å². The van der Waals surface area contributed by atoms with Crippen LogP contribution in [0.1, 0.15) is 37.1 Å². The van der Waals surface area contributed by atoms with E-state index in [0.717, 1.165) is 33.6 Å². The van der Waals surface area contributed by atoms with Crippen LogP contribution in [0.25, 0.3) is 11.1 Å². The number of benzene rings is 2. The van der Waals surface area contributed by atoms with Crippen LogP contribution in [-0.4, -0.2) is 44.4 Å². The zero-order valence-corrected chi connectivity index (χ0v) is 19.2. The van der Waals surface area contributed by atoms with Gasteiger partial charge in [0.25, 0.3) is 5.91 Å². The second-order valence-electron chi connectivity index (χ2n) is 7.80. The molecule has 0 spiro atoms. The van der Waals surface area contributed by atoms with Gasteiger partial charge in [-0.3, -0.25) is 14.8 Å². The summed E-state index contributed by atoms with van der Waals surface area (Å²) in [4.78, 5) is 40.4. The number of carbonyl (C=O) groups excluding carboxylic acids is 2. The Balaban J connectivity index is 1.22. The molecule has 11 heteroatoms. The summed E-state index contributed by atoms with van der Waals surface area (Å²) >= 11 is 0.928. The Labute approximate surface area is 203 Å². The molecule has 2 aromatic heterocycles. The van der Waals surface area contributed by atoms with E-state index in [1.165, 1.54) is 17.1 Å². The molecule has 0 fully saturated rings. The monoisotopic (exact) mass is 489 g/mol. The van der Waals surface area contributed by atoms with Gasteiger partial charge in [-0.15, -0.1) is 0 Å². The third-order valence-electron chi connectivity index (χ3n) is 5.57. The molecule has 0 saturated carbocycles. The predicted molar refractivity (Wildman–Crippen MR) is 129 cm³/mol. The molecule has 4 aromatic rings. The molecule has 0 bridgehead atoms. The minimum Gasteiger partial charge on any atom is -0.477 e. The first-order valence-corrected chi connectivity index (χ1v) is 11.4. The highest BCUT2D eigenvalue weighted by molar-refractivity contribution is 7.17. The average molecular weight is 490 g/mol. The van der Waals surface area contributed by atoms with Crippen LogP contribution in [0.2, 0.25) is 0 Å². The highest BCUT2D eigenvalue weighted by atomic mass is 32.1. The first kappa shape index (κ1) is 22.3. The molecule has 0 aliphatic heterocycles. The first-order chi connectivity index (χ1) is 16.9. The Bertz CT molecular complexity index is 1410. The number of rotatable bonds is 6. The number of aromatic carboxylic acids is 1. The summed E-state index contributed by atoms with van der Waals surface area (Å²) in [5.41, 5.74) is 4.33. The van der Waals surface area contributed by atoms with Gasteiger partial charge in [-0.25, -0.2) is 14.6 Å². The van der Waals surface area contributed by atoms with E-state index in [4.69, 9.17) is 4.74 Å². The molecule has 3 N–H and O–H groups in total. The third kappa shape index (κ3) is 4.36. The number of nitrogens with zero attached hydrogens (tertiary/aromatic N) is 3. The number of aromatic nitrogens is 3. The standard InChI is InChI=1S/C24H19N5O5S/c1-29-11-17(22(31)32)20(28-29)26-21(30)19-10-25-23(35-19)27-24(33)34-12-18-15-8-4-2-6-13(15)14-7-3-5-9-16(14)18/h2-11,18H,12H2,1H3,(H,31,32)(H,25,27,33)(H,26,28,30). The molecule has 0 radical (unpaired) electrons. The van der Waals surface area contributed by atoms with Gasteiger partial charge in [-0.2, -0.15) is 5.10 Å². The van der Waals surface area contributed by atoms with Gasteiger partial charge in [0.15, 0.2) is 10.9 Å². The van der Waals surface area contributed by atoms with E-state index in [0.29, 0.717) is 0 Å². The number of ether oxygens (including phenoxy) is 1. The number of hydrogen-bond donors (Lipinski definition) is 3. The van der Waals surface area contributed by atoms with E-state index in [-0.39, 0.29) is 33.9 Å². The SMILES string of the molecule is Cn1cc(C(=O)O)c(NC(=O)c2cnc(NC(=O)OCC3c4ccccc4-c4ccccc43)s2)n1. The van der Waals surface area contributed by atoms with E-state index in [2.05, 4.69) is 32.8 Å². The van der Waals surface area contributed by atoms with Crippen molar-refractivity contribution in [1.29, 1.82) is 0 Å². The molecule has 5 rings (SSSR count). The van der Waals surface area contributed by atoms with Crippen molar-refractivity contribution in [2.24, 2.45) is 7.05 Å². The number of nitrogens with one attached hydrogen (secondary N) is 2. The lowest BCUT2D eigenvalue weighted by atomic mass is 9.98. The summed E-state index contributed by atoms with van der Waals surface area (Å²) in [5, 5.41) is 18.3. The summed E-state index contributed by atoms with van der Waals surface area (Å²) in [7, 11) is 1.55. The second kappa shape index (κ2) is 9.03. The first-order valence-electron chi connectivity index (χ1n) is 10.6. The average Bonchev–Trinajstić information content (AvgIpc) is 3.54. The van der Waals surface area contributed by atoms with E-state index in [1.54, 1.807) is 7.05 Å². The molecule has 0 saturated heterocycles. The zero-order chi connectivity index (χ0) is 24.5. The minimum atomic E-state index is -1.21. The van der Waals surface area contributed by atoms with Crippen molar-refractivity contribution in [1.82, 2.24) is 14.8 Å². The molecule has 176 valence electrons. The molecular formula is C24H19N5O5S. The van der Waals surface area contributed by atoms with Gasteiger partial charge in [0, 0.05) is 19.2 Å². The molecule has 0 unspecified atom stereocenters.